The molecule has 1 heterocycles. The van der Waals surface area contributed by atoms with Gasteiger partial charge in [-0.1, -0.05) is 42.0 Å². The summed E-state index contributed by atoms with van der Waals surface area (Å²) in [4.78, 5) is 11.3. The molecule has 0 fully saturated rings. The highest BCUT2D eigenvalue weighted by Crippen LogP contribution is 2.25. The van der Waals surface area contributed by atoms with E-state index >= 15 is 0 Å². The number of carbonyl (C=O) groups is 1. The summed E-state index contributed by atoms with van der Waals surface area (Å²) in [6.07, 6.45) is 5.14. The number of aryl methyl sites for hydroxylation is 1. The van der Waals surface area contributed by atoms with E-state index in [1.165, 1.54) is 42.1 Å². The van der Waals surface area contributed by atoms with Crippen molar-refractivity contribution in [1.82, 2.24) is 9.45 Å². The number of amides is 1. The molecule has 0 aliphatic heterocycles. The lowest BCUT2D eigenvalue weighted by atomic mass is 10.1. The average molecular weight is 538 g/mol. The molecule has 37 heavy (non-hydrogen) atoms. The topological polar surface area (TPSA) is 135 Å². The van der Waals surface area contributed by atoms with Gasteiger partial charge in [0, 0.05) is 24.2 Å². The first kappa shape index (κ1) is 25.9. The van der Waals surface area contributed by atoms with Gasteiger partial charge in [-0.15, -0.1) is 0 Å². The number of rotatable bonds is 8. The Labute approximate surface area is 214 Å². The second-order valence-corrected chi connectivity index (χ2v) is 11.6. The van der Waals surface area contributed by atoms with Crippen LogP contribution < -0.4 is 10.2 Å². The maximum atomic E-state index is 13.0. The zero-order valence-electron chi connectivity index (χ0n) is 19.6. The second-order valence-electron chi connectivity index (χ2n) is 8.11. The summed E-state index contributed by atoms with van der Waals surface area (Å²) >= 11 is 0. The Hall–Kier alpha value is -4.19. The normalized spacial score (nSPS) is 11.9. The summed E-state index contributed by atoms with van der Waals surface area (Å²) in [7, 11) is -7.58. The number of nitrogens with zero attached hydrogens (tertiary/aromatic N) is 1. The highest BCUT2D eigenvalue weighted by Gasteiger charge is 2.17. The number of nitrogens with one attached hydrogen (secondary N) is 2. The van der Waals surface area contributed by atoms with Crippen LogP contribution >= 0.6 is 0 Å². The van der Waals surface area contributed by atoms with Crippen LogP contribution in [-0.4, -0.2) is 31.9 Å². The molecule has 0 saturated heterocycles. The van der Waals surface area contributed by atoms with Crippen molar-refractivity contribution >= 4 is 37.7 Å². The summed E-state index contributed by atoms with van der Waals surface area (Å²) in [6.45, 7) is 1.88. The second kappa shape index (κ2) is 10.4. The van der Waals surface area contributed by atoms with E-state index in [9.17, 15) is 21.6 Å². The van der Waals surface area contributed by atoms with Crippen molar-refractivity contribution < 1.29 is 26.8 Å². The highest BCUT2D eigenvalue weighted by molar-refractivity contribution is 7.92. The highest BCUT2D eigenvalue weighted by atomic mass is 32.2. The molecule has 11 heteroatoms. The molecule has 0 unspecified atom stereocenters. The zero-order chi connectivity index (χ0) is 26.6. The zero-order valence-corrected chi connectivity index (χ0v) is 21.2. The first-order valence-electron chi connectivity index (χ1n) is 10.9. The van der Waals surface area contributed by atoms with Gasteiger partial charge in [-0.05, 0) is 72.2 Å². The quantitative estimate of drug-likeness (QED) is 0.177. The molecule has 0 atom stereocenters. The minimum atomic E-state index is -3.86. The first-order valence-corrected chi connectivity index (χ1v) is 13.9. The Morgan fingerprint density at radius 2 is 1.38 bits per heavy atom. The van der Waals surface area contributed by atoms with Gasteiger partial charge in [0.25, 0.3) is 26.0 Å². The number of aromatic nitrogens is 1. The lowest BCUT2D eigenvalue weighted by molar-refractivity contribution is -0.124. The van der Waals surface area contributed by atoms with Crippen LogP contribution in [0.5, 0.6) is 0 Å². The van der Waals surface area contributed by atoms with Gasteiger partial charge >= 0.3 is 0 Å². The summed E-state index contributed by atoms with van der Waals surface area (Å²) in [5.41, 5.74) is 4.80. The van der Waals surface area contributed by atoms with Gasteiger partial charge in [-0.25, -0.2) is 26.3 Å². The van der Waals surface area contributed by atoms with Gasteiger partial charge in [0.1, 0.15) is 0 Å². The molecule has 0 bridgehead atoms. The molecule has 4 rings (SSSR count). The smallest absolute Gasteiger partial charge is 0.267 e. The van der Waals surface area contributed by atoms with Crippen molar-refractivity contribution in [3.8, 4) is 11.1 Å². The van der Waals surface area contributed by atoms with Gasteiger partial charge < -0.3 is 0 Å². The van der Waals surface area contributed by atoms with Crippen molar-refractivity contribution in [3.05, 3.63) is 108 Å². The van der Waals surface area contributed by atoms with Gasteiger partial charge in [-0.3, -0.25) is 14.7 Å². The van der Waals surface area contributed by atoms with E-state index in [1.807, 2.05) is 6.92 Å². The van der Waals surface area contributed by atoms with Gasteiger partial charge in [0.05, 0.1) is 9.79 Å². The van der Waals surface area contributed by atoms with Crippen LogP contribution in [0.4, 0.5) is 5.69 Å². The first-order chi connectivity index (χ1) is 17.6. The van der Waals surface area contributed by atoms with E-state index in [0.29, 0.717) is 11.3 Å². The van der Waals surface area contributed by atoms with Crippen molar-refractivity contribution in [1.29, 1.82) is 0 Å². The number of hydrogen-bond donors (Lipinski definition) is 3. The van der Waals surface area contributed by atoms with E-state index in [0.717, 1.165) is 26.7 Å². The molecule has 0 aliphatic carbocycles. The Kier molecular flexibility index (Phi) is 7.30. The predicted octanol–water partition coefficient (Wildman–Crippen LogP) is 4.02. The van der Waals surface area contributed by atoms with E-state index in [1.54, 1.807) is 60.7 Å². The lowest BCUT2D eigenvalue weighted by Gasteiger charge is -2.10. The summed E-state index contributed by atoms with van der Waals surface area (Å²) in [5, 5.41) is 8.53. The predicted molar refractivity (Wildman–Crippen MR) is 140 cm³/mol. The molecule has 3 N–H and O–H groups in total. The fourth-order valence-electron chi connectivity index (χ4n) is 3.45. The molecule has 9 nitrogen and oxygen atoms in total. The molecular weight excluding hydrogens is 514 g/mol. The molecular formula is C26H23N3O6S2. The minimum Gasteiger partial charge on any atom is -0.288 e. The number of anilines is 1. The van der Waals surface area contributed by atoms with Crippen LogP contribution in [0.1, 0.15) is 11.1 Å². The molecule has 1 amide bonds. The third-order valence-corrected chi connectivity index (χ3v) is 8.51. The van der Waals surface area contributed by atoms with Crippen LogP contribution in [0.2, 0.25) is 0 Å². The number of hydrogen-bond acceptors (Lipinski definition) is 6. The third kappa shape index (κ3) is 5.97. The van der Waals surface area contributed by atoms with Crippen molar-refractivity contribution in [3.63, 3.8) is 0 Å². The van der Waals surface area contributed by atoms with Crippen molar-refractivity contribution in [2.75, 3.05) is 4.72 Å². The maximum absolute atomic E-state index is 13.0. The van der Waals surface area contributed by atoms with E-state index in [4.69, 9.17) is 5.21 Å². The van der Waals surface area contributed by atoms with Gasteiger partial charge in [-0.2, -0.15) is 0 Å². The fourth-order valence-corrected chi connectivity index (χ4v) is 5.72. The Bertz CT molecular complexity index is 1660. The molecule has 190 valence electrons. The number of carbonyl (C=O) groups excluding carboxylic acids is 1. The third-order valence-electron chi connectivity index (χ3n) is 5.46. The number of hydroxylamine groups is 1. The van der Waals surface area contributed by atoms with Crippen LogP contribution in [0, 0.1) is 6.92 Å². The van der Waals surface area contributed by atoms with Crippen molar-refractivity contribution in [2.45, 2.75) is 16.7 Å². The minimum absolute atomic E-state index is 0.0676. The Balaban J connectivity index is 1.48. The van der Waals surface area contributed by atoms with Crippen LogP contribution in [0.15, 0.2) is 107 Å². The fraction of sp³-hybridized carbons (Fsp3) is 0.0385. The lowest BCUT2D eigenvalue weighted by Crippen LogP contribution is -2.14. The van der Waals surface area contributed by atoms with Crippen LogP contribution in [0.3, 0.4) is 0 Å². The van der Waals surface area contributed by atoms with Gasteiger partial charge in [0.15, 0.2) is 0 Å². The maximum Gasteiger partial charge on any atom is 0.267 e. The summed E-state index contributed by atoms with van der Waals surface area (Å²) < 4.78 is 54.7. The molecule has 0 spiro atoms. The Morgan fingerprint density at radius 1 is 0.811 bits per heavy atom. The average Bonchev–Trinajstić information content (AvgIpc) is 3.38. The monoisotopic (exact) mass is 537 g/mol. The summed E-state index contributed by atoms with van der Waals surface area (Å²) in [5.74, 6) is -0.733. The molecule has 1 aromatic heterocycles. The van der Waals surface area contributed by atoms with Crippen LogP contribution in [-0.2, 0) is 24.8 Å². The van der Waals surface area contributed by atoms with Crippen LogP contribution in [0.25, 0.3) is 17.2 Å². The molecule has 0 aliphatic rings. The molecule has 0 saturated carbocycles. The van der Waals surface area contributed by atoms with E-state index < -0.39 is 26.0 Å². The molecule has 4 aromatic rings. The molecule has 0 radical (unpaired) electrons. The van der Waals surface area contributed by atoms with E-state index in [-0.39, 0.29) is 9.79 Å². The SMILES string of the molecule is Cc1ccc(S(=O)(=O)Nc2ccc(-c3ccc(S(=O)(=O)n4ccc(C=CC(=O)NO)c4)cc3)cc2)cc1. The van der Waals surface area contributed by atoms with Gasteiger partial charge in [0.2, 0.25) is 0 Å². The van der Waals surface area contributed by atoms with E-state index in [2.05, 4.69) is 4.72 Å². The van der Waals surface area contributed by atoms with Crippen molar-refractivity contribution in [2.24, 2.45) is 0 Å². The number of benzene rings is 3. The largest absolute Gasteiger partial charge is 0.288 e. The standard InChI is InChI=1S/C26H23N3O6S2/c1-19-2-11-24(12-3-19)36(32,33)28-23-9-5-21(6-10-23)22-7-13-25(14-8-22)37(34,35)29-17-16-20(18-29)4-15-26(30)27-31/h2-18,28,31H,1H3,(H,27,30). The summed E-state index contributed by atoms with van der Waals surface area (Å²) in [6, 6.07) is 21.1. The number of sulfonamides is 1. The molecule has 3 aromatic carbocycles. The Morgan fingerprint density at radius 3 is 1.97 bits per heavy atom.